The van der Waals surface area contributed by atoms with Crippen LogP contribution in [0.1, 0.15) is 18.9 Å². The van der Waals surface area contributed by atoms with Crippen molar-refractivity contribution in [3.63, 3.8) is 0 Å². The molecule has 2 rings (SSSR count). The second-order valence-electron chi connectivity index (χ2n) is 4.11. The standard InChI is InChI=1S/C12H9F3O5/c1-11(19-9(16)6-10(17)20-11)7-4-2-3-5-8(7)18-12(13,14)15/h2-5H,6H2,1H3. The average molecular weight is 290 g/mol. The van der Waals surface area contributed by atoms with Gasteiger partial charge < -0.3 is 14.2 Å². The quantitative estimate of drug-likeness (QED) is 0.617. The van der Waals surface area contributed by atoms with E-state index >= 15 is 0 Å². The molecule has 0 aliphatic carbocycles. The highest BCUT2D eigenvalue weighted by Crippen LogP contribution is 2.38. The van der Waals surface area contributed by atoms with Crippen molar-refractivity contribution in [3.8, 4) is 5.75 Å². The second-order valence-corrected chi connectivity index (χ2v) is 4.11. The van der Waals surface area contributed by atoms with Crippen LogP contribution in [0.15, 0.2) is 24.3 Å². The van der Waals surface area contributed by atoms with Crippen molar-refractivity contribution in [2.24, 2.45) is 0 Å². The fraction of sp³-hybridized carbons (Fsp3) is 0.333. The number of rotatable bonds is 2. The van der Waals surface area contributed by atoms with Gasteiger partial charge >= 0.3 is 18.3 Å². The Balaban J connectivity index is 2.41. The molecule has 0 aromatic heterocycles. The lowest BCUT2D eigenvalue weighted by Gasteiger charge is -2.33. The minimum atomic E-state index is -4.92. The lowest BCUT2D eigenvalue weighted by molar-refractivity contribution is -0.277. The van der Waals surface area contributed by atoms with Crippen molar-refractivity contribution in [1.29, 1.82) is 0 Å². The maximum Gasteiger partial charge on any atom is 0.573 e. The molecule has 1 fully saturated rings. The molecule has 20 heavy (non-hydrogen) atoms. The van der Waals surface area contributed by atoms with Gasteiger partial charge in [0, 0.05) is 6.92 Å². The van der Waals surface area contributed by atoms with E-state index in [1.165, 1.54) is 25.1 Å². The zero-order valence-electron chi connectivity index (χ0n) is 10.2. The molecule has 1 heterocycles. The van der Waals surface area contributed by atoms with E-state index in [9.17, 15) is 22.8 Å². The van der Waals surface area contributed by atoms with Gasteiger partial charge in [0.2, 0.25) is 0 Å². The molecule has 5 nitrogen and oxygen atoms in total. The number of hydrogen-bond acceptors (Lipinski definition) is 5. The Morgan fingerprint density at radius 3 is 2.25 bits per heavy atom. The van der Waals surface area contributed by atoms with Gasteiger partial charge in [0.25, 0.3) is 5.79 Å². The first-order valence-corrected chi connectivity index (χ1v) is 5.48. The van der Waals surface area contributed by atoms with E-state index in [1.54, 1.807) is 0 Å². The van der Waals surface area contributed by atoms with Crippen LogP contribution in [0.4, 0.5) is 13.2 Å². The van der Waals surface area contributed by atoms with Crippen LogP contribution in [-0.2, 0) is 24.8 Å². The van der Waals surface area contributed by atoms with Crippen molar-refractivity contribution >= 4 is 11.9 Å². The van der Waals surface area contributed by atoms with Gasteiger partial charge in [-0.1, -0.05) is 12.1 Å². The number of halogens is 3. The molecule has 0 bridgehead atoms. The number of esters is 2. The number of carbonyl (C=O) groups excluding carboxylic acids is 2. The lowest BCUT2D eigenvalue weighted by Crippen LogP contribution is -2.41. The highest BCUT2D eigenvalue weighted by Gasteiger charge is 2.44. The van der Waals surface area contributed by atoms with Gasteiger partial charge in [-0.05, 0) is 12.1 Å². The Labute approximate surface area is 111 Å². The monoisotopic (exact) mass is 290 g/mol. The van der Waals surface area contributed by atoms with E-state index in [1.807, 2.05) is 0 Å². The van der Waals surface area contributed by atoms with Crippen molar-refractivity contribution in [1.82, 2.24) is 0 Å². The van der Waals surface area contributed by atoms with Crippen molar-refractivity contribution in [2.75, 3.05) is 0 Å². The summed E-state index contributed by atoms with van der Waals surface area (Å²) in [6, 6.07) is 4.96. The number of cyclic esters (lactones) is 2. The molecule has 0 spiro atoms. The smallest absolute Gasteiger partial charge is 0.418 e. The van der Waals surface area contributed by atoms with Crippen molar-refractivity contribution in [2.45, 2.75) is 25.5 Å². The zero-order chi connectivity index (χ0) is 15.0. The van der Waals surface area contributed by atoms with Crippen LogP contribution >= 0.6 is 0 Å². The first-order chi connectivity index (χ1) is 9.20. The summed E-state index contributed by atoms with van der Waals surface area (Å²) in [6.45, 7) is 1.17. The Kier molecular flexibility index (Phi) is 3.33. The molecule has 1 aromatic carbocycles. The van der Waals surface area contributed by atoms with E-state index in [-0.39, 0.29) is 5.56 Å². The summed E-state index contributed by atoms with van der Waals surface area (Å²) in [5.41, 5.74) is -0.210. The van der Waals surface area contributed by atoms with Gasteiger partial charge in [-0.3, -0.25) is 9.59 Å². The van der Waals surface area contributed by atoms with Crippen LogP contribution in [-0.4, -0.2) is 18.3 Å². The number of carbonyl (C=O) groups is 2. The van der Waals surface area contributed by atoms with Crippen LogP contribution in [0.5, 0.6) is 5.75 Å². The second kappa shape index (κ2) is 4.69. The van der Waals surface area contributed by atoms with Gasteiger partial charge in [-0.25, -0.2) is 0 Å². The minimum Gasteiger partial charge on any atom is -0.418 e. The molecular weight excluding hydrogens is 281 g/mol. The van der Waals surface area contributed by atoms with Crippen molar-refractivity contribution < 1.29 is 37.0 Å². The van der Waals surface area contributed by atoms with Gasteiger partial charge in [0.05, 0.1) is 5.56 Å². The largest absolute Gasteiger partial charge is 0.573 e. The first-order valence-electron chi connectivity index (χ1n) is 5.48. The summed E-state index contributed by atoms with van der Waals surface area (Å²) < 4.78 is 50.5. The average Bonchev–Trinajstić information content (AvgIpc) is 2.25. The highest BCUT2D eigenvalue weighted by molar-refractivity contribution is 5.93. The molecule has 0 radical (unpaired) electrons. The van der Waals surface area contributed by atoms with Crippen LogP contribution < -0.4 is 4.74 Å². The molecule has 0 unspecified atom stereocenters. The Morgan fingerprint density at radius 2 is 1.70 bits per heavy atom. The third-order valence-corrected chi connectivity index (χ3v) is 2.51. The van der Waals surface area contributed by atoms with E-state index < -0.39 is 36.3 Å². The van der Waals surface area contributed by atoms with Crippen molar-refractivity contribution in [3.05, 3.63) is 29.8 Å². The van der Waals surface area contributed by atoms with E-state index in [0.29, 0.717) is 0 Å². The maximum absolute atomic E-state index is 12.3. The predicted molar refractivity (Wildman–Crippen MR) is 57.3 cm³/mol. The highest BCUT2D eigenvalue weighted by atomic mass is 19.4. The molecule has 1 saturated heterocycles. The number of alkyl halides is 3. The number of para-hydroxylation sites is 1. The minimum absolute atomic E-state index is 0.210. The Morgan fingerprint density at radius 1 is 1.15 bits per heavy atom. The lowest BCUT2D eigenvalue weighted by atomic mass is 10.1. The van der Waals surface area contributed by atoms with Crippen LogP contribution in [0.25, 0.3) is 0 Å². The molecule has 108 valence electrons. The molecule has 8 heteroatoms. The zero-order valence-corrected chi connectivity index (χ0v) is 10.2. The van der Waals surface area contributed by atoms with E-state index in [0.717, 1.165) is 6.07 Å². The third kappa shape index (κ3) is 3.01. The fourth-order valence-electron chi connectivity index (χ4n) is 1.81. The third-order valence-electron chi connectivity index (χ3n) is 2.51. The number of benzene rings is 1. The molecule has 0 amide bonds. The SMILES string of the molecule is CC1(c2ccccc2OC(F)(F)F)OC(=O)CC(=O)O1. The molecule has 1 aliphatic heterocycles. The molecule has 0 saturated carbocycles. The first kappa shape index (κ1) is 14.2. The fourth-order valence-corrected chi connectivity index (χ4v) is 1.81. The summed E-state index contributed by atoms with van der Waals surface area (Å²) in [7, 11) is 0. The van der Waals surface area contributed by atoms with Crippen LogP contribution in [0, 0.1) is 0 Å². The topological polar surface area (TPSA) is 61.8 Å². The summed E-state index contributed by atoms with van der Waals surface area (Å²) in [5, 5.41) is 0. The predicted octanol–water partition coefficient (Wildman–Crippen LogP) is 2.25. The molecule has 0 atom stereocenters. The summed E-state index contributed by atoms with van der Waals surface area (Å²) in [4.78, 5) is 22.5. The van der Waals surface area contributed by atoms with Crippen LogP contribution in [0.3, 0.4) is 0 Å². The Hall–Kier alpha value is -2.25. The van der Waals surface area contributed by atoms with Gasteiger partial charge in [0.15, 0.2) is 0 Å². The normalized spacial score (nSPS) is 18.2. The number of ether oxygens (including phenoxy) is 3. The van der Waals surface area contributed by atoms with Crippen LogP contribution in [0.2, 0.25) is 0 Å². The molecule has 1 aliphatic rings. The maximum atomic E-state index is 12.3. The van der Waals surface area contributed by atoms with E-state index in [4.69, 9.17) is 9.47 Å². The van der Waals surface area contributed by atoms with E-state index in [2.05, 4.69) is 4.74 Å². The Bertz CT molecular complexity index is 536. The van der Waals surface area contributed by atoms with Gasteiger partial charge in [0.1, 0.15) is 12.2 Å². The van der Waals surface area contributed by atoms with Gasteiger partial charge in [-0.2, -0.15) is 0 Å². The molecule has 0 N–H and O–H groups in total. The summed E-state index contributed by atoms with van der Waals surface area (Å²) in [6.07, 6.45) is -5.51. The molecule has 1 aromatic rings. The summed E-state index contributed by atoms with van der Waals surface area (Å²) in [5.74, 6) is -4.32. The van der Waals surface area contributed by atoms with Gasteiger partial charge in [-0.15, -0.1) is 13.2 Å². The number of hydrogen-bond donors (Lipinski definition) is 0. The summed E-state index contributed by atoms with van der Waals surface area (Å²) >= 11 is 0. The molecular formula is C12H9F3O5.